The molecule has 1 aromatic rings. The van der Waals surface area contributed by atoms with Crippen LogP contribution in [0.4, 0.5) is 0 Å². The van der Waals surface area contributed by atoms with E-state index in [2.05, 4.69) is 17.2 Å². The number of amides is 1. The summed E-state index contributed by atoms with van der Waals surface area (Å²) in [5, 5.41) is 23.5. The van der Waals surface area contributed by atoms with Crippen molar-refractivity contribution in [1.29, 1.82) is 0 Å². The highest BCUT2D eigenvalue weighted by Gasteiger charge is 2.45. The molecule has 4 rings (SSSR count). The minimum absolute atomic E-state index is 0.110. The topological polar surface area (TPSA) is 130 Å². The predicted octanol–water partition coefficient (Wildman–Crippen LogP) is 1.15. The lowest BCUT2D eigenvalue weighted by Gasteiger charge is -2.39. The Balaban J connectivity index is 1.77. The second-order valence-electron chi connectivity index (χ2n) is 7.95. The van der Waals surface area contributed by atoms with Crippen molar-refractivity contribution in [2.75, 3.05) is 13.6 Å². The molecule has 0 aromatic heterocycles. The Morgan fingerprint density at radius 2 is 2.03 bits per heavy atom. The number of benzene rings is 1. The minimum atomic E-state index is -0.959. The summed E-state index contributed by atoms with van der Waals surface area (Å²) >= 11 is 0. The number of nitrogens with one attached hydrogen (secondary N) is 1. The number of fused-ring (bicyclic) bond motifs is 3. The molecule has 0 saturated heterocycles. The van der Waals surface area contributed by atoms with Crippen molar-refractivity contribution in [1.82, 2.24) is 5.32 Å². The maximum atomic E-state index is 13.3. The molecule has 0 heterocycles. The summed E-state index contributed by atoms with van der Waals surface area (Å²) in [5.41, 5.74) is 7.00. The highest BCUT2D eigenvalue weighted by Crippen LogP contribution is 2.47. The molecule has 154 valence electrons. The first-order valence-electron chi connectivity index (χ1n) is 9.84. The molecule has 0 spiro atoms. The Morgan fingerprint density at radius 1 is 1.27 bits per heavy atom. The largest absolute Gasteiger partial charge is 0.511 e. The zero-order chi connectivity index (χ0) is 21.6. The number of primary amides is 1. The van der Waals surface area contributed by atoms with E-state index in [0.717, 1.165) is 0 Å². The lowest BCUT2D eigenvalue weighted by molar-refractivity contribution is -0.124. The molecule has 1 aromatic carbocycles. The van der Waals surface area contributed by atoms with Crippen LogP contribution in [0.1, 0.15) is 34.3 Å². The molecule has 0 bridgehead atoms. The number of rotatable bonds is 2. The summed E-state index contributed by atoms with van der Waals surface area (Å²) in [6.07, 6.45) is 2.81. The average Bonchev–Trinajstić information content (AvgIpc) is 2.68. The molecule has 7 heteroatoms. The van der Waals surface area contributed by atoms with Gasteiger partial charge in [0.25, 0.3) is 5.91 Å². The molecule has 1 amide bonds. The number of phenolic OH excluding ortho intramolecular Hbond substituents is 1. The van der Waals surface area contributed by atoms with Crippen LogP contribution in [-0.4, -0.2) is 41.3 Å². The van der Waals surface area contributed by atoms with Crippen molar-refractivity contribution >= 4 is 17.5 Å². The molecular formula is C23H22N2O5. The fourth-order valence-corrected chi connectivity index (χ4v) is 4.82. The van der Waals surface area contributed by atoms with Gasteiger partial charge in [-0.25, -0.2) is 0 Å². The van der Waals surface area contributed by atoms with Crippen LogP contribution in [0.3, 0.4) is 0 Å². The van der Waals surface area contributed by atoms with E-state index in [1.165, 1.54) is 6.07 Å². The van der Waals surface area contributed by atoms with Crippen molar-refractivity contribution in [3.8, 4) is 17.6 Å². The van der Waals surface area contributed by atoms with Gasteiger partial charge in [-0.05, 0) is 49.4 Å². The van der Waals surface area contributed by atoms with Crippen molar-refractivity contribution in [3.05, 3.63) is 51.8 Å². The zero-order valence-corrected chi connectivity index (χ0v) is 16.5. The molecular weight excluding hydrogens is 384 g/mol. The maximum Gasteiger partial charge on any atom is 0.255 e. The van der Waals surface area contributed by atoms with E-state index >= 15 is 0 Å². The summed E-state index contributed by atoms with van der Waals surface area (Å²) < 4.78 is 0. The highest BCUT2D eigenvalue weighted by molar-refractivity contribution is 6.21. The van der Waals surface area contributed by atoms with Crippen LogP contribution in [0.25, 0.3) is 0 Å². The minimum Gasteiger partial charge on any atom is -0.511 e. The highest BCUT2D eigenvalue weighted by atomic mass is 16.3. The van der Waals surface area contributed by atoms with E-state index in [1.54, 1.807) is 19.2 Å². The Labute approximate surface area is 173 Å². The number of ketones is 2. The van der Waals surface area contributed by atoms with E-state index in [-0.39, 0.29) is 46.7 Å². The van der Waals surface area contributed by atoms with Crippen LogP contribution in [0.2, 0.25) is 0 Å². The number of nitrogens with two attached hydrogens (primary N) is 1. The van der Waals surface area contributed by atoms with Gasteiger partial charge in [0.15, 0.2) is 11.6 Å². The van der Waals surface area contributed by atoms with Gasteiger partial charge in [0, 0.05) is 23.5 Å². The average molecular weight is 406 g/mol. The third kappa shape index (κ3) is 3.10. The Hall–Kier alpha value is -3.37. The van der Waals surface area contributed by atoms with Gasteiger partial charge < -0.3 is 21.3 Å². The third-order valence-electron chi connectivity index (χ3n) is 6.15. The van der Waals surface area contributed by atoms with Gasteiger partial charge in [-0.15, -0.1) is 0 Å². The van der Waals surface area contributed by atoms with E-state index in [1.807, 2.05) is 0 Å². The first kappa shape index (κ1) is 19.9. The van der Waals surface area contributed by atoms with Crippen LogP contribution in [-0.2, 0) is 16.0 Å². The molecule has 0 fully saturated rings. The number of carbonyl (C=O) groups excluding carboxylic acids is 3. The van der Waals surface area contributed by atoms with Crippen LogP contribution in [0.5, 0.6) is 5.75 Å². The van der Waals surface area contributed by atoms with Crippen LogP contribution in [0.15, 0.2) is 35.1 Å². The number of hydrogen-bond donors (Lipinski definition) is 4. The van der Waals surface area contributed by atoms with Gasteiger partial charge in [0.05, 0.1) is 12.1 Å². The van der Waals surface area contributed by atoms with Gasteiger partial charge in [0.2, 0.25) is 0 Å². The summed E-state index contributed by atoms with van der Waals surface area (Å²) in [7, 11) is 1.79. The van der Waals surface area contributed by atoms with Crippen LogP contribution < -0.4 is 11.1 Å². The molecule has 3 atom stereocenters. The summed E-state index contributed by atoms with van der Waals surface area (Å²) in [5.74, 6) is 2.80. The Morgan fingerprint density at radius 3 is 2.73 bits per heavy atom. The Bertz CT molecular complexity index is 1100. The van der Waals surface area contributed by atoms with Gasteiger partial charge in [-0.1, -0.05) is 17.9 Å². The van der Waals surface area contributed by atoms with Gasteiger partial charge in [0.1, 0.15) is 17.1 Å². The number of phenols is 1. The zero-order valence-electron chi connectivity index (χ0n) is 16.5. The second kappa shape index (κ2) is 7.47. The molecule has 5 N–H and O–H groups in total. The molecule has 30 heavy (non-hydrogen) atoms. The molecule has 3 unspecified atom stereocenters. The standard InChI is InChI=1S/C23H22N2O5/c1-25-6-2-3-11-4-5-17(26)19-14(11)8-12-7-13-9-18(27)20(23(24)30)22(29)16(13)10-15(12)21(19)28/h4-5,10,12-13,16,25-27H,6-9H2,1H3,(H2,24,30). The van der Waals surface area contributed by atoms with Crippen LogP contribution >= 0.6 is 0 Å². The summed E-state index contributed by atoms with van der Waals surface area (Å²) in [4.78, 5) is 37.6. The van der Waals surface area contributed by atoms with Gasteiger partial charge >= 0.3 is 0 Å². The smallest absolute Gasteiger partial charge is 0.255 e. The fourth-order valence-electron chi connectivity index (χ4n) is 4.82. The number of aromatic hydroxyl groups is 1. The SMILES string of the molecule is CNCC#Cc1ccc(O)c2c1CC1CC3CC(O)=C(C(N)=O)C(=O)C3C=C1C2=O. The van der Waals surface area contributed by atoms with Crippen molar-refractivity contribution < 1.29 is 24.6 Å². The molecule has 3 aliphatic rings. The van der Waals surface area contributed by atoms with Gasteiger partial charge in [-0.3, -0.25) is 14.4 Å². The molecule has 3 aliphatic carbocycles. The second-order valence-corrected chi connectivity index (χ2v) is 7.95. The summed E-state index contributed by atoms with van der Waals surface area (Å²) in [6.45, 7) is 0.498. The van der Waals surface area contributed by atoms with E-state index < -0.39 is 17.6 Å². The molecule has 7 nitrogen and oxygen atoms in total. The quantitative estimate of drug-likeness (QED) is 0.431. The molecule has 0 saturated carbocycles. The number of aliphatic hydroxyl groups excluding tert-OH is 1. The normalized spacial score (nSPS) is 24.8. The number of carbonyl (C=O) groups is 3. The lowest BCUT2D eigenvalue weighted by atomic mass is 9.63. The molecule has 0 aliphatic heterocycles. The monoisotopic (exact) mass is 406 g/mol. The number of allylic oxidation sites excluding steroid dienone is 3. The van der Waals surface area contributed by atoms with E-state index in [4.69, 9.17) is 5.73 Å². The first-order chi connectivity index (χ1) is 14.3. The number of Topliss-reactive ketones (excluding diaryl/α,β-unsaturated/α-hetero) is 2. The Kier molecular flexibility index (Phi) is 4.96. The summed E-state index contributed by atoms with van der Waals surface area (Å²) in [6, 6.07) is 3.17. The number of aliphatic hydroxyl groups is 1. The van der Waals surface area contributed by atoms with Crippen molar-refractivity contribution in [2.45, 2.75) is 19.3 Å². The fraction of sp³-hybridized carbons (Fsp3) is 0.348. The van der Waals surface area contributed by atoms with Crippen molar-refractivity contribution in [3.63, 3.8) is 0 Å². The third-order valence-corrected chi connectivity index (χ3v) is 6.15. The first-order valence-corrected chi connectivity index (χ1v) is 9.84. The predicted molar refractivity (Wildman–Crippen MR) is 109 cm³/mol. The van der Waals surface area contributed by atoms with Gasteiger partial charge in [-0.2, -0.15) is 0 Å². The lowest BCUT2D eigenvalue weighted by Crippen LogP contribution is -2.40. The van der Waals surface area contributed by atoms with E-state index in [9.17, 15) is 24.6 Å². The number of hydrogen-bond acceptors (Lipinski definition) is 6. The van der Waals surface area contributed by atoms with Crippen molar-refractivity contribution in [2.24, 2.45) is 23.5 Å². The van der Waals surface area contributed by atoms with E-state index in [0.29, 0.717) is 36.1 Å². The maximum absolute atomic E-state index is 13.3. The van der Waals surface area contributed by atoms with Crippen LogP contribution in [0, 0.1) is 29.6 Å². The molecule has 0 radical (unpaired) electrons.